The first-order valence-electron chi connectivity index (χ1n) is 10.6. The van der Waals surface area contributed by atoms with Gasteiger partial charge in [-0.3, -0.25) is 19.2 Å². The fourth-order valence-electron chi connectivity index (χ4n) is 3.20. The zero-order chi connectivity index (χ0) is 23.7. The summed E-state index contributed by atoms with van der Waals surface area (Å²) in [6, 6.07) is 9.20. The van der Waals surface area contributed by atoms with E-state index in [9.17, 15) is 19.2 Å². The number of ketones is 1. The van der Waals surface area contributed by atoms with Crippen molar-refractivity contribution in [2.24, 2.45) is 0 Å². The van der Waals surface area contributed by atoms with Crippen LogP contribution in [0.25, 0.3) is 0 Å². The van der Waals surface area contributed by atoms with Gasteiger partial charge in [0, 0.05) is 34.0 Å². The van der Waals surface area contributed by atoms with Gasteiger partial charge in [0.1, 0.15) is 0 Å². The third kappa shape index (κ3) is 7.60. The van der Waals surface area contributed by atoms with Gasteiger partial charge in [0.2, 0.25) is 5.91 Å². The molecular weight excluding hydrogens is 428 g/mol. The number of carbonyl (C=O) groups is 4. The average Bonchev–Trinajstić information content (AvgIpc) is 3.09. The number of rotatable bonds is 11. The van der Waals surface area contributed by atoms with Gasteiger partial charge >= 0.3 is 5.97 Å². The lowest BCUT2D eigenvalue weighted by molar-refractivity contribution is -0.152. The molecule has 0 fully saturated rings. The Morgan fingerprint density at radius 3 is 2.41 bits per heavy atom. The van der Waals surface area contributed by atoms with Crippen LogP contribution in [0.15, 0.2) is 30.3 Å². The largest absolute Gasteiger partial charge is 0.456 e. The first-order valence-corrected chi connectivity index (χ1v) is 11.4. The summed E-state index contributed by atoms with van der Waals surface area (Å²) in [7, 11) is 0. The Bertz CT molecular complexity index is 983. The van der Waals surface area contributed by atoms with Crippen LogP contribution in [-0.4, -0.2) is 48.2 Å². The zero-order valence-electron chi connectivity index (χ0n) is 19.0. The van der Waals surface area contributed by atoms with Crippen LogP contribution in [-0.2, 0) is 19.1 Å². The number of Topliss-reactive ketones (excluding diaryl/α,β-unsaturated/α-hetero) is 1. The summed E-state index contributed by atoms with van der Waals surface area (Å²) in [6.07, 6.45) is 0.592. The number of nitrogens with zero attached hydrogens (tertiary/aromatic N) is 1. The maximum absolute atomic E-state index is 12.5. The number of aryl methyl sites for hydroxylation is 3. The number of benzene rings is 1. The minimum atomic E-state index is -0.614. The Hall–Kier alpha value is -3.00. The van der Waals surface area contributed by atoms with Crippen LogP contribution in [0.4, 0.5) is 5.69 Å². The second-order valence-electron chi connectivity index (χ2n) is 7.59. The maximum Gasteiger partial charge on any atom is 0.306 e. The summed E-state index contributed by atoms with van der Waals surface area (Å²) in [6.45, 7) is 7.36. The van der Waals surface area contributed by atoms with Gasteiger partial charge < -0.3 is 15.0 Å². The van der Waals surface area contributed by atoms with E-state index >= 15 is 0 Å². The molecule has 2 amide bonds. The van der Waals surface area contributed by atoms with Gasteiger partial charge in [-0.15, -0.1) is 11.3 Å². The summed E-state index contributed by atoms with van der Waals surface area (Å²) < 4.78 is 5.06. The zero-order valence-corrected chi connectivity index (χ0v) is 19.8. The van der Waals surface area contributed by atoms with Gasteiger partial charge in [-0.25, -0.2) is 0 Å². The number of amides is 2. The monoisotopic (exact) mass is 458 g/mol. The Morgan fingerprint density at radius 2 is 1.78 bits per heavy atom. The number of para-hydroxylation sites is 1. The molecule has 0 bridgehead atoms. The smallest absolute Gasteiger partial charge is 0.306 e. The molecule has 0 aliphatic carbocycles. The molecule has 1 N–H and O–H groups in total. The highest BCUT2D eigenvalue weighted by molar-refractivity contribution is 7.12. The molecule has 2 rings (SSSR count). The summed E-state index contributed by atoms with van der Waals surface area (Å²) in [4.78, 5) is 52.5. The molecule has 172 valence electrons. The van der Waals surface area contributed by atoms with Gasteiger partial charge in [-0.05, 0) is 44.9 Å². The topological polar surface area (TPSA) is 92.8 Å². The Labute approximate surface area is 192 Å². The summed E-state index contributed by atoms with van der Waals surface area (Å²) in [5.74, 6) is -1.50. The van der Waals surface area contributed by atoms with Crippen molar-refractivity contribution < 1.29 is 23.9 Å². The molecular formula is C24H30N2O5S. The van der Waals surface area contributed by atoms with E-state index in [0.29, 0.717) is 24.2 Å². The van der Waals surface area contributed by atoms with Gasteiger partial charge in [0.15, 0.2) is 12.4 Å². The molecule has 32 heavy (non-hydrogen) atoms. The van der Waals surface area contributed by atoms with Crippen LogP contribution in [0, 0.1) is 20.8 Å². The summed E-state index contributed by atoms with van der Waals surface area (Å²) >= 11 is 1.54. The second-order valence-corrected chi connectivity index (χ2v) is 9.05. The van der Waals surface area contributed by atoms with E-state index in [4.69, 9.17) is 4.74 Å². The van der Waals surface area contributed by atoms with E-state index in [1.807, 2.05) is 52.0 Å². The highest BCUT2D eigenvalue weighted by Gasteiger charge is 2.20. The van der Waals surface area contributed by atoms with Crippen LogP contribution in [0.5, 0.6) is 0 Å². The molecule has 1 aromatic heterocycles. The lowest BCUT2D eigenvalue weighted by Crippen LogP contribution is -2.40. The average molecular weight is 459 g/mol. The van der Waals surface area contributed by atoms with Crippen molar-refractivity contribution in [3.63, 3.8) is 0 Å². The number of thiophene rings is 1. The van der Waals surface area contributed by atoms with Crippen LogP contribution in [0.1, 0.15) is 51.9 Å². The van der Waals surface area contributed by atoms with Crippen LogP contribution in [0.2, 0.25) is 0 Å². The van der Waals surface area contributed by atoms with Crippen molar-refractivity contribution in [3.8, 4) is 0 Å². The van der Waals surface area contributed by atoms with Crippen molar-refractivity contribution >= 4 is 40.6 Å². The first-order chi connectivity index (χ1) is 15.2. The molecule has 0 radical (unpaired) electrons. The number of carbonyl (C=O) groups excluding carboxylic acids is 4. The Morgan fingerprint density at radius 1 is 1.06 bits per heavy atom. The van der Waals surface area contributed by atoms with Gasteiger partial charge in [0.25, 0.3) is 5.91 Å². The molecule has 8 heteroatoms. The fraction of sp³-hybridized carbons (Fsp3) is 0.417. The van der Waals surface area contributed by atoms with E-state index in [1.54, 1.807) is 6.07 Å². The Kier molecular flexibility index (Phi) is 9.59. The normalized spacial score (nSPS) is 10.5. The molecule has 2 aromatic rings. The number of esters is 1. The van der Waals surface area contributed by atoms with Crippen molar-refractivity contribution in [3.05, 3.63) is 51.2 Å². The van der Waals surface area contributed by atoms with E-state index in [1.165, 1.54) is 16.2 Å². The minimum Gasteiger partial charge on any atom is -0.456 e. The van der Waals surface area contributed by atoms with E-state index < -0.39 is 18.5 Å². The fourth-order valence-corrected chi connectivity index (χ4v) is 4.14. The van der Waals surface area contributed by atoms with Crippen molar-refractivity contribution in [2.45, 2.75) is 47.0 Å². The SMILES string of the molecule is CCCN(CC(=O)Nc1ccccc1C)C(=O)COC(=O)CCC(=O)c1cc(C)sc1C. The number of hydrogen-bond acceptors (Lipinski definition) is 6. The van der Waals surface area contributed by atoms with E-state index in [0.717, 1.165) is 15.3 Å². The Balaban J connectivity index is 1.82. The number of anilines is 1. The standard InChI is InChI=1S/C24H30N2O5S/c1-5-12-26(14-22(28)25-20-9-7-6-8-16(20)2)23(29)15-31-24(30)11-10-21(27)19-13-17(3)32-18(19)4/h6-9,13H,5,10-12,14-15H2,1-4H3,(H,25,28). The second kappa shape index (κ2) is 12.1. The molecule has 1 heterocycles. The summed E-state index contributed by atoms with van der Waals surface area (Å²) in [5.41, 5.74) is 2.24. The van der Waals surface area contributed by atoms with E-state index in [-0.39, 0.29) is 31.1 Å². The highest BCUT2D eigenvalue weighted by Crippen LogP contribution is 2.22. The molecule has 0 saturated heterocycles. The number of hydrogen-bond donors (Lipinski definition) is 1. The first kappa shape index (κ1) is 25.3. The lowest BCUT2D eigenvalue weighted by Gasteiger charge is -2.21. The predicted octanol–water partition coefficient (Wildman–Crippen LogP) is 4.06. The van der Waals surface area contributed by atoms with Crippen molar-refractivity contribution in [2.75, 3.05) is 25.0 Å². The molecule has 1 aromatic carbocycles. The lowest BCUT2D eigenvalue weighted by atomic mass is 10.1. The summed E-state index contributed by atoms with van der Waals surface area (Å²) in [5, 5.41) is 2.80. The van der Waals surface area contributed by atoms with Crippen molar-refractivity contribution in [1.82, 2.24) is 4.90 Å². The molecule has 0 aliphatic rings. The third-order valence-electron chi connectivity index (χ3n) is 4.85. The van der Waals surface area contributed by atoms with Gasteiger partial charge in [-0.1, -0.05) is 25.1 Å². The quantitative estimate of drug-likeness (QED) is 0.405. The number of nitrogens with one attached hydrogen (secondary N) is 1. The van der Waals surface area contributed by atoms with Crippen LogP contribution >= 0.6 is 11.3 Å². The molecule has 0 spiro atoms. The van der Waals surface area contributed by atoms with Crippen molar-refractivity contribution in [1.29, 1.82) is 0 Å². The molecule has 0 aliphatic heterocycles. The number of ether oxygens (including phenoxy) is 1. The highest BCUT2D eigenvalue weighted by atomic mass is 32.1. The third-order valence-corrected chi connectivity index (χ3v) is 5.82. The maximum atomic E-state index is 12.5. The van der Waals surface area contributed by atoms with Gasteiger partial charge in [0.05, 0.1) is 13.0 Å². The molecule has 0 atom stereocenters. The predicted molar refractivity (Wildman–Crippen MR) is 125 cm³/mol. The van der Waals surface area contributed by atoms with E-state index in [2.05, 4.69) is 5.32 Å². The van der Waals surface area contributed by atoms with Gasteiger partial charge in [-0.2, -0.15) is 0 Å². The van der Waals surface area contributed by atoms with Crippen LogP contribution in [0.3, 0.4) is 0 Å². The molecule has 7 nitrogen and oxygen atoms in total. The molecule has 0 saturated carbocycles. The van der Waals surface area contributed by atoms with Crippen LogP contribution < -0.4 is 5.32 Å². The molecule has 0 unspecified atom stereocenters. The minimum absolute atomic E-state index is 0.0293.